The SMILES string of the molecule is C=CC(=O)OCCO[N+](C)(C)OCCOC(=O)C=C. The van der Waals surface area contributed by atoms with Crippen LogP contribution in [0.2, 0.25) is 0 Å². The van der Waals surface area contributed by atoms with E-state index in [1.807, 2.05) is 0 Å². The highest BCUT2D eigenvalue weighted by Gasteiger charge is 2.18. The molecule has 0 aromatic heterocycles. The summed E-state index contributed by atoms with van der Waals surface area (Å²) in [6.45, 7) is 7.06. The largest absolute Gasteiger partial charge is 0.460 e. The van der Waals surface area contributed by atoms with Crippen molar-refractivity contribution < 1.29 is 33.5 Å². The van der Waals surface area contributed by atoms with Crippen LogP contribution in [0.1, 0.15) is 0 Å². The number of nitrogens with zero attached hydrogens (tertiary/aromatic N) is 1. The second-order valence-electron chi connectivity index (χ2n) is 3.66. The molecular weight excluding hydrogens is 254 g/mol. The topological polar surface area (TPSA) is 71.1 Å². The summed E-state index contributed by atoms with van der Waals surface area (Å²) in [7, 11) is 3.29. The molecule has 0 N–H and O–H groups in total. The molecule has 0 aromatic carbocycles. The molecule has 108 valence electrons. The van der Waals surface area contributed by atoms with Crippen LogP contribution in [0.3, 0.4) is 0 Å². The van der Waals surface area contributed by atoms with Gasteiger partial charge in [0.1, 0.15) is 40.5 Å². The molecule has 7 nitrogen and oxygen atoms in total. The number of esters is 2. The van der Waals surface area contributed by atoms with Crippen LogP contribution in [0.5, 0.6) is 0 Å². The van der Waals surface area contributed by atoms with Crippen molar-refractivity contribution in [3.63, 3.8) is 0 Å². The van der Waals surface area contributed by atoms with Crippen molar-refractivity contribution in [3.8, 4) is 0 Å². The van der Waals surface area contributed by atoms with Gasteiger partial charge in [0.15, 0.2) is 0 Å². The molecule has 0 aliphatic rings. The molecule has 0 unspecified atom stereocenters. The van der Waals surface area contributed by atoms with Gasteiger partial charge >= 0.3 is 11.9 Å². The lowest BCUT2D eigenvalue weighted by Gasteiger charge is -2.23. The fraction of sp³-hybridized carbons (Fsp3) is 0.500. The molecule has 7 heteroatoms. The van der Waals surface area contributed by atoms with E-state index in [-0.39, 0.29) is 31.2 Å². The van der Waals surface area contributed by atoms with Crippen molar-refractivity contribution in [1.29, 1.82) is 0 Å². The van der Waals surface area contributed by atoms with Crippen LogP contribution in [0.15, 0.2) is 25.3 Å². The molecule has 0 saturated heterocycles. The molecule has 0 heterocycles. The predicted octanol–water partition coefficient (Wildman–Crippen LogP) is 0.384. The lowest BCUT2D eigenvalue weighted by molar-refractivity contribution is -1.22. The third-order valence-electron chi connectivity index (χ3n) is 1.79. The number of rotatable bonds is 10. The normalized spacial score (nSPS) is 10.6. The first-order valence-corrected chi connectivity index (χ1v) is 5.62. The van der Waals surface area contributed by atoms with E-state index in [0.29, 0.717) is 0 Å². The fourth-order valence-electron chi connectivity index (χ4n) is 0.954. The Labute approximate surface area is 112 Å². The molecular formula is C12H20NO6+. The second kappa shape index (κ2) is 9.26. The number of carbonyl (C=O) groups is 2. The standard InChI is InChI=1S/C12H20NO6/c1-5-11(14)16-7-9-18-13(3,4)19-10-8-17-12(15)6-2/h5-6H,1-2,7-10H2,3-4H3/q+1. The second-order valence-corrected chi connectivity index (χ2v) is 3.66. The molecule has 0 bridgehead atoms. The Balaban J connectivity index is 3.67. The number of hydrogen-bond donors (Lipinski definition) is 0. The van der Waals surface area contributed by atoms with E-state index in [0.717, 1.165) is 12.2 Å². The highest BCUT2D eigenvalue weighted by atomic mass is 17.0. The molecule has 0 aromatic rings. The average Bonchev–Trinajstić information content (AvgIpc) is 2.39. The van der Waals surface area contributed by atoms with Crippen LogP contribution in [0, 0.1) is 0 Å². The summed E-state index contributed by atoms with van der Waals surface area (Å²) in [4.78, 5) is 31.9. The van der Waals surface area contributed by atoms with Gasteiger partial charge in [-0.3, -0.25) is 0 Å². The Morgan fingerprint density at radius 1 is 0.895 bits per heavy atom. The molecule has 0 amide bonds. The van der Waals surface area contributed by atoms with Crippen LogP contribution >= 0.6 is 0 Å². The smallest absolute Gasteiger partial charge is 0.330 e. The van der Waals surface area contributed by atoms with Crippen LogP contribution in [0.4, 0.5) is 0 Å². The van der Waals surface area contributed by atoms with Gasteiger partial charge in [0, 0.05) is 12.2 Å². The van der Waals surface area contributed by atoms with Crippen LogP contribution in [-0.4, -0.2) is 57.3 Å². The Morgan fingerprint density at radius 2 is 1.26 bits per heavy atom. The molecule has 0 saturated carbocycles. The van der Waals surface area contributed by atoms with Gasteiger partial charge < -0.3 is 9.47 Å². The van der Waals surface area contributed by atoms with Crippen LogP contribution < -0.4 is 0 Å². The van der Waals surface area contributed by atoms with Gasteiger partial charge in [-0.1, -0.05) is 13.2 Å². The van der Waals surface area contributed by atoms with Crippen molar-refractivity contribution >= 4 is 11.9 Å². The van der Waals surface area contributed by atoms with E-state index in [1.165, 1.54) is 0 Å². The minimum atomic E-state index is -0.508. The van der Waals surface area contributed by atoms with E-state index >= 15 is 0 Å². The van der Waals surface area contributed by atoms with Crippen molar-refractivity contribution in [2.24, 2.45) is 0 Å². The Bertz CT molecular complexity index is 296. The molecule has 0 rings (SSSR count). The summed E-state index contributed by atoms with van der Waals surface area (Å²) in [5, 5.41) is 0. The summed E-state index contributed by atoms with van der Waals surface area (Å²) in [6, 6.07) is 0. The average molecular weight is 274 g/mol. The van der Waals surface area contributed by atoms with E-state index in [2.05, 4.69) is 13.2 Å². The predicted molar refractivity (Wildman–Crippen MR) is 66.3 cm³/mol. The zero-order valence-corrected chi connectivity index (χ0v) is 11.3. The summed E-state index contributed by atoms with van der Waals surface area (Å²) >= 11 is 0. The van der Waals surface area contributed by atoms with Crippen molar-refractivity contribution in [1.82, 2.24) is 0 Å². The first-order chi connectivity index (χ1) is 8.91. The highest BCUT2D eigenvalue weighted by Crippen LogP contribution is 2.00. The van der Waals surface area contributed by atoms with Crippen LogP contribution in [-0.2, 0) is 28.7 Å². The molecule has 0 aliphatic heterocycles. The number of ether oxygens (including phenoxy) is 2. The summed E-state index contributed by atoms with van der Waals surface area (Å²) in [6.07, 6.45) is 2.15. The minimum absolute atomic E-state index is 0.0986. The summed E-state index contributed by atoms with van der Waals surface area (Å²) < 4.78 is 9.46. The van der Waals surface area contributed by atoms with E-state index in [1.54, 1.807) is 14.1 Å². The number of hydrogen-bond acceptors (Lipinski definition) is 6. The molecule has 0 aliphatic carbocycles. The van der Waals surface area contributed by atoms with Crippen molar-refractivity contribution in [2.75, 3.05) is 40.5 Å². The van der Waals surface area contributed by atoms with Gasteiger partial charge in [-0.15, -0.1) is 0 Å². The van der Waals surface area contributed by atoms with E-state index in [4.69, 9.17) is 19.1 Å². The number of quaternary nitrogens is 1. The monoisotopic (exact) mass is 274 g/mol. The number of hydroxylamine groups is 4. The zero-order valence-electron chi connectivity index (χ0n) is 11.3. The fourth-order valence-corrected chi connectivity index (χ4v) is 0.954. The zero-order chi connectivity index (χ0) is 14.7. The van der Waals surface area contributed by atoms with E-state index in [9.17, 15) is 9.59 Å². The maximum atomic E-state index is 10.8. The van der Waals surface area contributed by atoms with Gasteiger partial charge in [-0.05, 0) is 4.81 Å². The maximum Gasteiger partial charge on any atom is 0.330 e. The van der Waals surface area contributed by atoms with Gasteiger partial charge in [-0.25, -0.2) is 9.59 Å². The van der Waals surface area contributed by atoms with Gasteiger partial charge in [0.05, 0.1) is 0 Å². The Hall–Kier alpha value is -1.70. The number of carbonyl (C=O) groups excluding carboxylic acids is 2. The van der Waals surface area contributed by atoms with Gasteiger partial charge in [0.25, 0.3) is 0 Å². The summed E-state index contributed by atoms with van der Waals surface area (Å²) in [5.74, 6) is -1.02. The third kappa shape index (κ3) is 9.95. The maximum absolute atomic E-state index is 10.8. The quantitative estimate of drug-likeness (QED) is 0.189. The first kappa shape index (κ1) is 17.3. The van der Waals surface area contributed by atoms with Crippen molar-refractivity contribution in [2.45, 2.75) is 0 Å². The molecule has 0 fully saturated rings. The third-order valence-corrected chi connectivity index (χ3v) is 1.79. The lowest BCUT2D eigenvalue weighted by Crippen LogP contribution is -2.41. The Kier molecular flexibility index (Phi) is 8.43. The van der Waals surface area contributed by atoms with Crippen LogP contribution in [0.25, 0.3) is 0 Å². The highest BCUT2D eigenvalue weighted by molar-refractivity contribution is 5.81. The first-order valence-electron chi connectivity index (χ1n) is 5.62. The minimum Gasteiger partial charge on any atom is -0.460 e. The molecule has 0 atom stereocenters. The van der Waals surface area contributed by atoms with Gasteiger partial charge in [-0.2, -0.15) is 9.68 Å². The van der Waals surface area contributed by atoms with E-state index < -0.39 is 11.9 Å². The molecule has 0 spiro atoms. The lowest BCUT2D eigenvalue weighted by atomic mass is 10.6. The molecule has 19 heavy (non-hydrogen) atoms. The molecule has 0 radical (unpaired) electrons. The summed E-state index contributed by atoms with van der Waals surface area (Å²) in [5.41, 5.74) is 0. The van der Waals surface area contributed by atoms with Crippen molar-refractivity contribution in [3.05, 3.63) is 25.3 Å². The van der Waals surface area contributed by atoms with Gasteiger partial charge in [0.2, 0.25) is 0 Å². The Morgan fingerprint density at radius 3 is 1.58 bits per heavy atom.